The maximum atomic E-state index is 12.7. The average molecular weight is 219 g/mol. The largest absolute Gasteiger partial charge is 0.362 e. The SMILES string of the molecule is CC(Nc1ccn(C)n1)c1ccc(F)cc1. The van der Waals surface area contributed by atoms with Gasteiger partial charge in [-0.05, 0) is 24.6 Å². The fourth-order valence-corrected chi connectivity index (χ4v) is 1.55. The number of halogens is 1. The molecule has 0 fully saturated rings. The zero-order valence-corrected chi connectivity index (χ0v) is 9.31. The van der Waals surface area contributed by atoms with Crippen molar-refractivity contribution in [2.75, 3.05) is 5.32 Å². The summed E-state index contributed by atoms with van der Waals surface area (Å²) < 4.78 is 14.5. The van der Waals surface area contributed by atoms with Gasteiger partial charge >= 0.3 is 0 Å². The number of nitrogens with zero attached hydrogens (tertiary/aromatic N) is 2. The molecule has 1 N–H and O–H groups in total. The molecular weight excluding hydrogens is 205 g/mol. The molecule has 1 aromatic heterocycles. The summed E-state index contributed by atoms with van der Waals surface area (Å²) in [6.45, 7) is 2.02. The summed E-state index contributed by atoms with van der Waals surface area (Å²) in [4.78, 5) is 0. The number of rotatable bonds is 3. The number of aryl methyl sites for hydroxylation is 1. The number of anilines is 1. The number of benzene rings is 1. The molecule has 1 heterocycles. The molecule has 1 aromatic carbocycles. The second-order valence-electron chi connectivity index (χ2n) is 3.79. The Morgan fingerprint density at radius 1 is 1.25 bits per heavy atom. The van der Waals surface area contributed by atoms with E-state index in [1.54, 1.807) is 16.8 Å². The van der Waals surface area contributed by atoms with Crippen LogP contribution in [0.3, 0.4) is 0 Å². The van der Waals surface area contributed by atoms with Crippen molar-refractivity contribution in [3.05, 3.63) is 47.9 Å². The first-order valence-corrected chi connectivity index (χ1v) is 5.17. The highest BCUT2D eigenvalue weighted by Gasteiger charge is 2.06. The standard InChI is InChI=1S/C12H14FN3/c1-9(10-3-5-11(13)6-4-10)14-12-7-8-16(2)15-12/h3-9H,1-2H3,(H,14,15). The van der Waals surface area contributed by atoms with Gasteiger partial charge in [-0.3, -0.25) is 4.68 Å². The Morgan fingerprint density at radius 3 is 2.50 bits per heavy atom. The van der Waals surface area contributed by atoms with Crippen LogP contribution in [0.25, 0.3) is 0 Å². The van der Waals surface area contributed by atoms with Gasteiger partial charge < -0.3 is 5.32 Å². The molecule has 16 heavy (non-hydrogen) atoms. The van der Waals surface area contributed by atoms with E-state index in [-0.39, 0.29) is 11.9 Å². The second-order valence-corrected chi connectivity index (χ2v) is 3.79. The Balaban J connectivity index is 2.08. The van der Waals surface area contributed by atoms with Gasteiger partial charge in [0.15, 0.2) is 0 Å². The quantitative estimate of drug-likeness (QED) is 0.860. The number of hydrogen-bond donors (Lipinski definition) is 1. The first kappa shape index (κ1) is 10.7. The van der Waals surface area contributed by atoms with Gasteiger partial charge in [0.25, 0.3) is 0 Å². The van der Waals surface area contributed by atoms with Crippen molar-refractivity contribution in [1.82, 2.24) is 9.78 Å². The highest BCUT2D eigenvalue weighted by atomic mass is 19.1. The van der Waals surface area contributed by atoms with E-state index in [0.717, 1.165) is 11.4 Å². The van der Waals surface area contributed by atoms with E-state index in [2.05, 4.69) is 10.4 Å². The Labute approximate surface area is 93.9 Å². The van der Waals surface area contributed by atoms with Crippen LogP contribution in [0.1, 0.15) is 18.5 Å². The van der Waals surface area contributed by atoms with Gasteiger partial charge in [0.05, 0.1) is 6.04 Å². The molecule has 0 amide bonds. The van der Waals surface area contributed by atoms with Crippen molar-refractivity contribution in [1.29, 1.82) is 0 Å². The Kier molecular flexibility index (Phi) is 2.90. The minimum Gasteiger partial charge on any atom is -0.362 e. The molecule has 0 radical (unpaired) electrons. The van der Waals surface area contributed by atoms with Crippen LogP contribution in [0.5, 0.6) is 0 Å². The van der Waals surface area contributed by atoms with Crippen LogP contribution in [0.4, 0.5) is 10.2 Å². The molecule has 0 saturated carbocycles. The molecule has 0 spiro atoms. The van der Waals surface area contributed by atoms with Crippen molar-refractivity contribution < 1.29 is 4.39 Å². The van der Waals surface area contributed by atoms with Crippen LogP contribution < -0.4 is 5.32 Å². The van der Waals surface area contributed by atoms with E-state index >= 15 is 0 Å². The first-order chi connectivity index (χ1) is 7.65. The van der Waals surface area contributed by atoms with Crippen molar-refractivity contribution >= 4 is 5.82 Å². The minimum absolute atomic E-state index is 0.107. The summed E-state index contributed by atoms with van der Waals surface area (Å²) in [5.41, 5.74) is 1.03. The van der Waals surface area contributed by atoms with Crippen molar-refractivity contribution in [2.24, 2.45) is 7.05 Å². The minimum atomic E-state index is -0.214. The van der Waals surface area contributed by atoms with E-state index in [1.165, 1.54) is 12.1 Å². The molecule has 3 nitrogen and oxygen atoms in total. The zero-order chi connectivity index (χ0) is 11.5. The topological polar surface area (TPSA) is 29.9 Å². The summed E-state index contributed by atoms with van der Waals surface area (Å²) in [6.07, 6.45) is 1.87. The molecule has 2 aromatic rings. The Morgan fingerprint density at radius 2 is 1.94 bits per heavy atom. The van der Waals surface area contributed by atoms with E-state index in [9.17, 15) is 4.39 Å². The van der Waals surface area contributed by atoms with Gasteiger partial charge in [0.1, 0.15) is 11.6 Å². The summed E-state index contributed by atoms with van der Waals surface area (Å²) >= 11 is 0. The van der Waals surface area contributed by atoms with Gasteiger partial charge in [0, 0.05) is 19.3 Å². The summed E-state index contributed by atoms with van der Waals surface area (Å²) in [7, 11) is 1.87. The number of hydrogen-bond acceptors (Lipinski definition) is 2. The lowest BCUT2D eigenvalue weighted by Crippen LogP contribution is -2.07. The number of nitrogens with one attached hydrogen (secondary N) is 1. The van der Waals surface area contributed by atoms with E-state index in [1.807, 2.05) is 26.2 Å². The highest BCUT2D eigenvalue weighted by Crippen LogP contribution is 2.17. The van der Waals surface area contributed by atoms with Crippen LogP contribution in [0.2, 0.25) is 0 Å². The second kappa shape index (κ2) is 4.35. The lowest BCUT2D eigenvalue weighted by molar-refractivity contribution is 0.626. The van der Waals surface area contributed by atoms with Gasteiger partial charge in [-0.25, -0.2) is 4.39 Å². The maximum absolute atomic E-state index is 12.7. The molecule has 1 unspecified atom stereocenters. The lowest BCUT2D eigenvalue weighted by Gasteiger charge is -2.13. The van der Waals surface area contributed by atoms with E-state index in [0.29, 0.717) is 0 Å². The average Bonchev–Trinajstić information content (AvgIpc) is 2.65. The van der Waals surface area contributed by atoms with Gasteiger partial charge in [-0.1, -0.05) is 12.1 Å². The third-order valence-corrected chi connectivity index (χ3v) is 2.45. The summed E-state index contributed by atoms with van der Waals surface area (Å²) in [6, 6.07) is 8.49. The van der Waals surface area contributed by atoms with Crippen molar-refractivity contribution in [3.63, 3.8) is 0 Å². The summed E-state index contributed by atoms with van der Waals surface area (Å²) in [5, 5.41) is 7.47. The monoisotopic (exact) mass is 219 g/mol. The zero-order valence-electron chi connectivity index (χ0n) is 9.31. The van der Waals surface area contributed by atoms with Crippen molar-refractivity contribution in [2.45, 2.75) is 13.0 Å². The Hall–Kier alpha value is -1.84. The molecule has 0 aliphatic rings. The molecule has 0 saturated heterocycles. The fourth-order valence-electron chi connectivity index (χ4n) is 1.55. The van der Waals surface area contributed by atoms with Gasteiger partial charge in [0.2, 0.25) is 0 Å². The fraction of sp³-hybridized carbons (Fsp3) is 0.250. The molecule has 1 atom stereocenters. The molecule has 0 aliphatic heterocycles. The van der Waals surface area contributed by atoms with Gasteiger partial charge in [-0.2, -0.15) is 5.10 Å². The predicted molar refractivity (Wildman–Crippen MR) is 61.6 cm³/mol. The molecule has 0 aliphatic carbocycles. The smallest absolute Gasteiger partial charge is 0.148 e. The molecule has 0 bridgehead atoms. The first-order valence-electron chi connectivity index (χ1n) is 5.17. The normalized spacial score (nSPS) is 12.4. The lowest BCUT2D eigenvalue weighted by atomic mass is 10.1. The molecule has 4 heteroatoms. The summed E-state index contributed by atoms with van der Waals surface area (Å²) in [5.74, 6) is 0.605. The highest BCUT2D eigenvalue weighted by molar-refractivity contribution is 5.36. The Bertz CT molecular complexity index is 461. The molecule has 84 valence electrons. The van der Waals surface area contributed by atoms with Crippen molar-refractivity contribution in [3.8, 4) is 0 Å². The molecular formula is C12H14FN3. The van der Waals surface area contributed by atoms with E-state index in [4.69, 9.17) is 0 Å². The maximum Gasteiger partial charge on any atom is 0.148 e. The van der Waals surface area contributed by atoms with Crippen LogP contribution in [-0.4, -0.2) is 9.78 Å². The number of aromatic nitrogens is 2. The third kappa shape index (κ3) is 2.39. The van der Waals surface area contributed by atoms with E-state index < -0.39 is 0 Å². The third-order valence-electron chi connectivity index (χ3n) is 2.45. The van der Waals surface area contributed by atoms with Crippen LogP contribution in [-0.2, 0) is 7.05 Å². The van der Waals surface area contributed by atoms with Crippen LogP contribution in [0.15, 0.2) is 36.5 Å². The van der Waals surface area contributed by atoms with Crippen LogP contribution >= 0.6 is 0 Å². The van der Waals surface area contributed by atoms with Gasteiger partial charge in [-0.15, -0.1) is 0 Å². The molecule has 2 rings (SSSR count). The van der Waals surface area contributed by atoms with Crippen LogP contribution in [0, 0.1) is 5.82 Å². The predicted octanol–water partition coefficient (Wildman–Crippen LogP) is 2.73.